The van der Waals surface area contributed by atoms with Gasteiger partial charge in [-0.25, -0.2) is 4.79 Å². The molecule has 0 spiro atoms. The van der Waals surface area contributed by atoms with Crippen molar-refractivity contribution < 1.29 is 19.4 Å². The Kier molecular flexibility index (Phi) is 4.71. The Balaban J connectivity index is 2.15. The van der Waals surface area contributed by atoms with Crippen molar-refractivity contribution in [3.05, 3.63) is 41.5 Å². The summed E-state index contributed by atoms with van der Waals surface area (Å²) < 4.78 is 10.8. The molecule has 2 aromatic carbocycles. The van der Waals surface area contributed by atoms with Gasteiger partial charge in [-0.05, 0) is 61.7 Å². The third-order valence-electron chi connectivity index (χ3n) is 3.25. The lowest BCUT2D eigenvalue weighted by atomic mass is 10.0. The Labute approximate surface area is 130 Å². The van der Waals surface area contributed by atoms with Crippen LogP contribution in [0.25, 0.3) is 10.8 Å². The number of carbonyl (C=O) groups excluding carboxylic acids is 1. The van der Waals surface area contributed by atoms with Crippen molar-refractivity contribution in [3.8, 4) is 5.75 Å². The summed E-state index contributed by atoms with van der Waals surface area (Å²) in [5.41, 5.74) is 1.32. The molecule has 2 rings (SSSR count). The highest BCUT2D eigenvalue weighted by Gasteiger charge is 2.17. The predicted octanol–water partition coefficient (Wildman–Crippen LogP) is 3.36. The summed E-state index contributed by atoms with van der Waals surface area (Å²) in [6.07, 6.45) is 0. The quantitative estimate of drug-likeness (QED) is 0.880. The minimum absolute atomic E-state index is 0.0197. The molecule has 0 saturated carbocycles. The Bertz CT molecular complexity index is 683. The fourth-order valence-corrected chi connectivity index (χ4v) is 2.28. The highest BCUT2D eigenvalue weighted by Crippen LogP contribution is 2.28. The number of esters is 1. The maximum absolute atomic E-state index is 11.7. The highest BCUT2D eigenvalue weighted by molar-refractivity contribution is 5.88. The summed E-state index contributed by atoms with van der Waals surface area (Å²) >= 11 is 0. The zero-order valence-corrected chi connectivity index (χ0v) is 13.5. The first-order chi connectivity index (χ1) is 10.3. The minimum atomic E-state index is -0.514. The van der Waals surface area contributed by atoms with Gasteiger partial charge in [0.1, 0.15) is 11.4 Å². The molecule has 0 aliphatic rings. The maximum Gasteiger partial charge on any atom is 0.344 e. The fraction of sp³-hybridized carbons (Fsp3) is 0.389. The third-order valence-corrected chi connectivity index (χ3v) is 3.25. The number of hydrogen-bond donors (Lipinski definition) is 1. The number of ether oxygens (including phenoxy) is 2. The van der Waals surface area contributed by atoms with Gasteiger partial charge in [0.2, 0.25) is 0 Å². The Morgan fingerprint density at radius 3 is 2.55 bits per heavy atom. The second kappa shape index (κ2) is 6.36. The average molecular weight is 302 g/mol. The first-order valence-electron chi connectivity index (χ1n) is 7.28. The van der Waals surface area contributed by atoms with E-state index in [1.54, 1.807) is 0 Å². The molecule has 0 fully saturated rings. The van der Waals surface area contributed by atoms with E-state index < -0.39 is 5.60 Å². The van der Waals surface area contributed by atoms with E-state index in [-0.39, 0.29) is 19.2 Å². The van der Waals surface area contributed by atoms with Crippen LogP contribution >= 0.6 is 0 Å². The molecule has 118 valence electrons. The number of aliphatic hydroxyl groups is 1. The number of rotatable bonds is 4. The minimum Gasteiger partial charge on any atom is -0.482 e. The SMILES string of the molecule is Cc1c(OCC(=O)OC(C)(C)C)ccc2cc(CO)ccc12. The molecule has 4 heteroatoms. The van der Waals surface area contributed by atoms with E-state index in [9.17, 15) is 9.90 Å². The van der Waals surface area contributed by atoms with Crippen molar-refractivity contribution in [1.82, 2.24) is 0 Å². The first-order valence-corrected chi connectivity index (χ1v) is 7.28. The molecule has 0 heterocycles. The van der Waals surface area contributed by atoms with Crippen molar-refractivity contribution >= 4 is 16.7 Å². The number of hydrogen-bond acceptors (Lipinski definition) is 4. The number of fused-ring (bicyclic) bond motifs is 1. The number of aliphatic hydroxyl groups excluding tert-OH is 1. The summed E-state index contributed by atoms with van der Waals surface area (Å²) in [6.45, 7) is 7.33. The average Bonchev–Trinajstić information content (AvgIpc) is 2.44. The van der Waals surface area contributed by atoms with Gasteiger partial charge in [-0.1, -0.05) is 18.2 Å². The zero-order valence-electron chi connectivity index (χ0n) is 13.5. The van der Waals surface area contributed by atoms with Crippen molar-refractivity contribution in [3.63, 3.8) is 0 Å². The molecule has 0 atom stereocenters. The van der Waals surface area contributed by atoms with E-state index in [1.165, 1.54) is 0 Å². The second-order valence-electron chi connectivity index (χ2n) is 6.28. The number of carbonyl (C=O) groups is 1. The van der Waals surface area contributed by atoms with Gasteiger partial charge < -0.3 is 14.6 Å². The van der Waals surface area contributed by atoms with E-state index >= 15 is 0 Å². The summed E-state index contributed by atoms with van der Waals surface area (Å²) in [5, 5.41) is 11.3. The van der Waals surface area contributed by atoms with Crippen LogP contribution in [0.2, 0.25) is 0 Å². The summed E-state index contributed by atoms with van der Waals surface area (Å²) in [7, 11) is 0. The van der Waals surface area contributed by atoms with E-state index in [0.717, 1.165) is 21.9 Å². The fourth-order valence-electron chi connectivity index (χ4n) is 2.28. The molecular formula is C18H22O4. The monoisotopic (exact) mass is 302 g/mol. The van der Waals surface area contributed by atoms with Crippen LogP contribution in [0.5, 0.6) is 5.75 Å². The van der Waals surface area contributed by atoms with Crippen LogP contribution in [0.4, 0.5) is 0 Å². The van der Waals surface area contributed by atoms with Crippen molar-refractivity contribution in [2.24, 2.45) is 0 Å². The number of benzene rings is 2. The van der Waals surface area contributed by atoms with Gasteiger partial charge in [-0.15, -0.1) is 0 Å². The van der Waals surface area contributed by atoms with Gasteiger partial charge in [0.15, 0.2) is 6.61 Å². The molecule has 4 nitrogen and oxygen atoms in total. The second-order valence-corrected chi connectivity index (χ2v) is 6.28. The van der Waals surface area contributed by atoms with E-state index in [4.69, 9.17) is 9.47 Å². The summed E-state index contributed by atoms with van der Waals surface area (Å²) in [6, 6.07) is 9.54. The van der Waals surface area contributed by atoms with Crippen LogP contribution in [-0.2, 0) is 16.1 Å². The number of aryl methyl sites for hydroxylation is 1. The van der Waals surface area contributed by atoms with Gasteiger partial charge in [0, 0.05) is 0 Å². The largest absolute Gasteiger partial charge is 0.482 e. The Morgan fingerprint density at radius 1 is 1.18 bits per heavy atom. The topological polar surface area (TPSA) is 55.8 Å². The maximum atomic E-state index is 11.7. The smallest absolute Gasteiger partial charge is 0.344 e. The molecule has 0 bridgehead atoms. The van der Waals surface area contributed by atoms with Gasteiger partial charge in [-0.3, -0.25) is 0 Å². The van der Waals surface area contributed by atoms with Crippen molar-refractivity contribution in [2.45, 2.75) is 39.9 Å². The van der Waals surface area contributed by atoms with Crippen molar-refractivity contribution in [2.75, 3.05) is 6.61 Å². The van der Waals surface area contributed by atoms with Crippen LogP contribution in [0.3, 0.4) is 0 Å². The van der Waals surface area contributed by atoms with E-state index in [2.05, 4.69) is 0 Å². The molecule has 0 radical (unpaired) electrons. The van der Waals surface area contributed by atoms with Crippen LogP contribution in [-0.4, -0.2) is 23.3 Å². The van der Waals surface area contributed by atoms with Crippen LogP contribution in [0.1, 0.15) is 31.9 Å². The first kappa shape index (κ1) is 16.3. The van der Waals surface area contributed by atoms with Crippen molar-refractivity contribution in [1.29, 1.82) is 0 Å². The standard InChI is InChI=1S/C18H22O4/c1-12-15-7-5-13(10-19)9-14(15)6-8-16(12)21-11-17(20)22-18(2,3)4/h5-9,19H,10-11H2,1-4H3. The van der Waals surface area contributed by atoms with Gasteiger partial charge in [0.25, 0.3) is 0 Å². The molecule has 0 aromatic heterocycles. The molecule has 22 heavy (non-hydrogen) atoms. The van der Waals surface area contributed by atoms with E-state index in [1.807, 2.05) is 58.0 Å². The van der Waals surface area contributed by atoms with Gasteiger partial charge in [-0.2, -0.15) is 0 Å². The van der Waals surface area contributed by atoms with E-state index in [0.29, 0.717) is 5.75 Å². The Morgan fingerprint density at radius 2 is 1.91 bits per heavy atom. The lowest BCUT2D eigenvalue weighted by molar-refractivity contribution is -0.157. The lowest BCUT2D eigenvalue weighted by Crippen LogP contribution is -2.27. The molecule has 0 aliphatic carbocycles. The molecule has 0 amide bonds. The molecule has 0 unspecified atom stereocenters. The molecule has 0 aliphatic heterocycles. The molecule has 1 N–H and O–H groups in total. The molecule has 2 aromatic rings. The summed E-state index contributed by atoms with van der Waals surface area (Å²) in [4.78, 5) is 11.7. The summed E-state index contributed by atoms with van der Waals surface area (Å²) in [5.74, 6) is 0.276. The predicted molar refractivity (Wildman–Crippen MR) is 85.9 cm³/mol. The van der Waals surface area contributed by atoms with Gasteiger partial charge in [0.05, 0.1) is 6.61 Å². The van der Waals surface area contributed by atoms with Crippen LogP contribution in [0, 0.1) is 6.92 Å². The molecule has 0 saturated heterocycles. The highest BCUT2D eigenvalue weighted by atomic mass is 16.6. The van der Waals surface area contributed by atoms with Crippen LogP contribution in [0.15, 0.2) is 30.3 Å². The Hall–Kier alpha value is -2.07. The van der Waals surface area contributed by atoms with Gasteiger partial charge >= 0.3 is 5.97 Å². The third kappa shape index (κ3) is 3.98. The zero-order chi connectivity index (χ0) is 16.3. The normalized spacial score (nSPS) is 11.5. The molecular weight excluding hydrogens is 280 g/mol. The van der Waals surface area contributed by atoms with Crippen LogP contribution < -0.4 is 4.74 Å². The lowest BCUT2D eigenvalue weighted by Gasteiger charge is -2.20.